The summed E-state index contributed by atoms with van der Waals surface area (Å²) in [7, 11) is 0. The number of nitrogens with two attached hydrogens (primary N) is 1. The summed E-state index contributed by atoms with van der Waals surface area (Å²) in [6, 6.07) is 0. The highest BCUT2D eigenvalue weighted by atomic mass is 32.2. The third-order valence-electron chi connectivity index (χ3n) is 2.13. The lowest BCUT2D eigenvalue weighted by atomic mass is 9.99. The first-order valence-corrected chi connectivity index (χ1v) is 4.51. The van der Waals surface area contributed by atoms with Crippen LogP contribution in [0.5, 0.6) is 0 Å². The Morgan fingerprint density at radius 3 is 3.30 bits per heavy atom. The fraction of sp³-hybridized carbons (Fsp3) is 0.833. The number of hydrogen-bond acceptors (Lipinski definition) is 3. The van der Waals surface area contributed by atoms with E-state index in [0.717, 1.165) is 12.3 Å². The van der Waals surface area contributed by atoms with Crippen LogP contribution in [0.25, 0.3) is 0 Å². The average molecular weight is 158 g/mol. The van der Waals surface area contributed by atoms with Crippen molar-refractivity contribution in [2.24, 2.45) is 11.7 Å². The van der Waals surface area contributed by atoms with E-state index in [0.29, 0.717) is 11.9 Å². The van der Waals surface area contributed by atoms with Gasteiger partial charge in [-0.05, 0) is 0 Å². The van der Waals surface area contributed by atoms with Crippen molar-refractivity contribution >= 4 is 17.7 Å². The Kier molecular flexibility index (Phi) is 1.38. The van der Waals surface area contributed by atoms with Crippen molar-refractivity contribution in [1.82, 2.24) is 4.90 Å². The Bertz CT molecular complexity index is 173. The lowest BCUT2D eigenvalue weighted by Crippen LogP contribution is -2.58. The lowest BCUT2D eigenvalue weighted by Gasteiger charge is -2.40. The van der Waals surface area contributed by atoms with E-state index in [1.54, 1.807) is 0 Å². The van der Waals surface area contributed by atoms with Gasteiger partial charge in [-0.3, -0.25) is 4.79 Å². The van der Waals surface area contributed by atoms with Crippen molar-refractivity contribution in [3.05, 3.63) is 0 Å². The monoisotopic (exact) mass is 158 g/mol. The molecule has 2 aliphatic heterocycles. The largest absolute Gasteiger partial charge is 0.330 e. The summed E-state index contributed by atoms with van der Waals surface area (Å²) in [5.41, 5.74) is 5.42. The Morgan fingerprint density at radius 2 is 2.60 bits per heavy atom. The van der Waals surface area contributed by atoms with Gasteiger partial charge in [0.2, 0.25) is 5.91 Å². The minimum Gasteiger partial charge on any atom is -0.330 e. The van der Waals surface area contributed by atoms with E-state index in [2.05, 4.69) is 0 Å². The Morgan fingerprint density at radius 1 is 1.80 bits per heavy atom. The summed E-state index contributed by atoms with van der Waals surface area (Å²) < 4.78 is 0. The molecule has 0 radical (unpaired) electrons. The van der Waals surface area contributed by atoms with E-state index in [4.69, 9.17) is 5.73 Å². The van der Waals surface area contributed by atoms with Gasteiger partial charge in [0.15, 0.2) is 0 Å². The highest BCUT2D eigenvalue weighted by molar-refractivity contribution is 8.00. The van der Waals surface area contributed by atoms with Gasteiger partial charge >= 0.3 is 0 Å². The quantitative estimate of drug-likeness (QED) is 0.522. The van der Waals surface area contributed by atoms with E-state index in [9.17, 15) is 4.79 Å². The number of fused-ring (bicyclic) bond motifs is 1. The fourth-order valence-electron chi connectivity index (χ4n) is 1.53. The summed E-state index contributed by atoms with van der Waals surface area (Å²) in [4.78, 5) is 13.0. The molecule has 1 unspecified atom stereocenters. The third-order valence-corrected chi connectivity index (χ3v) is 3.47. The van der Waals surface area contributed by atoms with Gasteiger partial charge in [0.1, 0.15) is 0 Å². The van der Waals surface area contributed by atoms with Crippen molar-refractivity contribution in [2.45, 2.75) is 5.37 Å². The van der Waals surface area contributed by atoms with Gasteiger partial charge < -0.3 is 10.6 Å². The van der Waals surface area contributed by atoms with Crippen molar-refractivity contribution in [3.8, 4) is 0 Å². The van der Waals surface area contributed by atoms with Crippen LogP contribution in [0.4, 0.5) is 0 Å². The summed E-state index contributed by atoms with van der Waals surface area (Å²) in [6.07, 6.45) is 0. The molecule has 4 heteroatoms. The molecule has 10 heavy (non-hydrogen) atoms. The third kappa shape index (κ3) is 0.632. The van der Waals surface area contributed by atoms with Gasteiger partial charge in [-0.1, -0.05) is 0 Å². The zero-order valence-corrected chi connectivity index (χ0v) is 6.43. The summed E-state index contributed by atoms with van der Waals surface area (Å²) in [6.45, 7) is 1.46. The molecular formula is C6H10N2OS. The number of amides is 1. The molecule has 0 aromatic heterocycles. The van der Waals surface area contributed by atoms with E-state index in [1.807, 2.05) is 16.7 Å². The summed E-state index contributed by atoms with van der Waals surface area (Å²) in [5, 5.41) is 0.428. The molecule has 2 atom stereocenters. The number of carbonyl (C=O) groups is 1. The van der Waals surface area contributed by atoms with Crippen LogP contribution in [0.3, 0.4) is 0 Å². The van der Waals surface area contributed by atoms with Crippen LogP contribution in [0, 0.1) is 5.92 Å². The van der Waals surface area contributed by atoms with Gasteiger partial charge in [-0.2, -0.15) is 0 Å². The molecule has 3 nitrogen and oxygen atoms in total. The molecule has 2 heterocycles. The average Bonchev–Trinajstić information content (AvgIpc) is 2.33. The van der Waals surface area contributed by atoms with Crippen LogP contribution in [0.1, 0.15) is 0 Å². The van der Waals surface area contributed by atoms with Crippen LogP contribution in [0.2, 0.25) is 0 Å². The number of carbonyl (C=O) groups excluding carboxylic acids is 1. The maximum Gasteiger partial charge on any atom is 0.230 e. The maximum atomic E-state index is 11.1. The Hall–Kier alpha value is -0.220. The smallest absolute Gasteiger partial charge is 0.230 e. The first kappa shape index (κ1) is 6.49. The molecule has 0 aromatic rings. The van der Waals surface area contributed by atoms with Crippen molar-refractivity contribution in [1.29, 1.82) is 0 Å². The van der Waals surface area contributed by atoms with Gasteiger partial charge in [0.25, 0.3) is 0 Å². The second-order valence-electron chi connectivity index (χ2n) is 2.64. The minimum atomic E-state index is 0.132. The highest BCUT2D eigenvalue weighted by Gasteiger charge is 2.49. The topological polar surface area (TPSA) is 46.3 Å². The van der Waals surface area contributed by atoms with Crippen LogP contribution >= 0.6 is 11.8 Å². The van der Waals surface area contributed by atoms with Crippen molar-refractivity contribution in [3.63, 3.8) is 0 Å². The molecule has 0 bridgehead atoms. The van der Waals surface area contributed by atoms with Crippen molar-refractivity contribution in [2.75, 3.05) is 18.8 Å². The number of hydrogen-bond donors (Lipinski definition) is 1. The molecule has 0 aromatic carbocycles. The van der Waals surface area contributed by atoms with Crippen molar-refractivity contribution < 1.29 is 4.79 Å². The Labute approximate surface area is 63.9 Å². The molecule has 0 spiro atoms. The second-order valence-corrected chi connectivity index (χ2v) is 3.86. The van der Waals surface area contributed by atoms with Crippen LogP contribution in [0.15, 0.2) is 0 Å². The lowest BCUT2D eigenvalue weighted by molar-refractivity contribution is -0.148. The number of rotatable bonds is 1. The minimum absolute atomic E-state index is 0.132. The van der Waals surface area contributed by atoms with Crippen LogP contribution in [-0.4, -0.2) is 35.0 Å². The molecule has 0 saturated carbocycles. The van der Waals surface area contributed by atoms with Crippen LogP contribution in [-0.2, 0) is 4.79 Å². The molecule has 2 aliphatic rings. The number of thioether (sulfide) groups is 1. The predicted molar refractivity (Wildman–Crippen MR) is 40.5 cm³/mol. The molecule has 56 valence electrons. The molecule has 2 saturated heterocycles. The second kappa shape index (κ2) is 2.13. The molecular weight excluding hydrogens is 148 g/mol. The molecule has 0 aliphatic carbocycles. The Balaban J connectivity index is 2.08. The maximum absolute atomic E-state index is 11.1. The van der Waals surface area contributed by atoms with E-state index < -0.39 is 0 Å². The molecule has 2 fully saturated rings. The van der Waals surface area contributed by atoms with E-state index in [-0.39, 0.29) is 11.8 Å². The number of β-lactam (4-membered cyclic amide) rings is 1. The van der Waals surface area contributed by atoms with E-state index >= 15 is 0 Å². The molecule has 1 amide bonds. The zero-order chi connectivity index (χ0) is 7.14. The normalized spacial score (nSPS) is 37.7. The van der Waals surface area contributed by atoms with E-state index in [1.165, 1.54) is 0 Å². The van der Waals surface area contributed by atoms with Gasteiger partial charge in [-0.15, -0.1) is 11.8 Å². The predicted octanol–water partition coefficient (Wildman–Crippen LogP) is -0.524. The summed E-state index contributed by atoms with van der Waals surface area (Å²) in [5.74, 6) is 1.48. The zero-order valence-electron chi connectivity index (χ0n) is 5.62. The van der Waals surface area contributed by atoms with Gasteiger partial charge in [0.05, 0.1) is 11.3 Å². The first-order valence-electron chi connectivity index (χ1n) is 3.47. The van der Waals surface area contributed by atoms with Crippen LogP contribution < -0.4 is 5.73 Å². The standard InChI is InChI=1S/C6H10N2OS/c7-3-4-5(9)8-1-2-10-6(4)8/h4,6H,1-3,7H2/t4?,6-/m0/s1. The SMILES string of the molecule is NCC1C(=O)N2CCS[C@@H]12. The fourth-order valence-corrected chi connectivity index (χ4v) is 2.92. The number of nitrogens with zero attached hydrogens (tertiary/aromatic N) is 1. The first-order chi connectivity index (χ1) is 4.84. The summed E-state index contributed by atoms with van der Waals surface area (Å²) >= 11 is 1.85. The van der Waals surface area contributed by atoms with Gasteiger partial charge in [-0.25, -0.2) is 0 Å². The highest BCUT2D eigenvalue weighted by Crippen LogP contribution is 2.39. The van der Waals surface area contributed by atoms with Gasteiger partial charge in [0, 0.05) is 18.8 Å². The molecule has 2 rings (SSSR count). The molecule has 2 N–H and O–H groups in total.